The summed E-state index contributed by atoms with van der Waals surface area (Å²) in [5.74, 6) is 0.851. The number of hydrogen-bond donors (Lipinski definition) is 2. The number of likely N-dealkylation sites (tertiary alicyclic amines) is 1. The second kappa shape index (κ2) is 6.77. The van der Waals surface area contributed by atoms with Crippen LogP contribution in [0, 0.1) is 5.92 Å². The molecular weight excluding hydrogens is 354 g/mol. The largest absolute Gasteiger partial charge is 0.467 e. The molecule has 2 aliphatic rings. The molecule has 0 unspecified atom stereocenters. The minimum absolute atomic E-state index is 0.0695. The molecular formula is C18H21N3O4S. The molecule has 2 heterocycles. The van der Waals surface area contributed by atoms with Crippen molar-refractivity contribution < 1.29 is 17.6 Å². The van der Waals surface area contributed by atoms with Crippen molar-refractivity contribution in [3.05, 3.63) is 54.5 Å². The number of nitrogens with zero attached hydrogens (tertiary/aromatic N) is 1. The molecule has 2 aromatic rings. The highest BCUT2D eigenvalue weighted by atomic mass is 32.2. The Balaban J connectivity index is 1.34. The lowest BCUT2D eigenvalue weighted by Crippen LogP contribution is -2.50. The highest BCUT2D eigenvalue weighted by molar-refractivity contribution is 7.89. The van der Waals surface area contributed by atoms with Gasteiger partial charge in [0.15, 0.2) is 0 Å². The number of carbonyl (C=O) groups excluding carboxylic acids is 1. The fourth-order valence-electron chi connectivity index (χ4n) is 3.89. The number of carbonyl (C=O) groups is 1. The monoisotopic (exact) mass is 375 g/mol. The lowest BCUT2D eigenvalue weighted by atomic mass is 10.0. The van der Waals surface area contributed by atoms with Crippen LogP contribution in [0.3, 0.4) is 0 Å². The highest BCUT2D eigenvalue weighted by Gasteiger charge is 2.47. The van der Waals surface area contributed by atoms with Gasteiger partial charge in [0.1, 0.15) is 5.76 Å². The summed E-state index contributed by atoms with van der Waals surface area (Å²) in [7, 11) is -3.53. The molecule has 7 nitrogen and oxygen atoms in total. The standard InChI is InChI=1S/C18H21N3O4S/c22-18(19-11-15-5-4-8-25-15)21-12-13-9-14(21)10-17(13)20-26(23,24)16-6-2-1-3-7-16/h1-8,13-14,17,20H,9-12H2,(H,19,22)/t13-,14-,17-/m0/s1. The topological polar surface area (TPSA) is 91.7 Å². The number of fused-ring (bicyclic) bond motifs is 2. The van der Waals surface area contributed by atoms with Gasteiger partial charge in [0.2, 0.25) is 10.0 Å². The first-order chi connectivity index (χ1) is 12.5. The quantitative estimate of drug-likeness (QED) is 0.835. The Bertz CT molecular complexity index is 867. The van der Waals surface area contributed by atoms with E-state index < -0.39 is 10.0 Å². The molecule has 1 aromatic carbocycles. The van der Waals surface area contributed by atoms with Crippen LogP contribution in [0.2, 0.25) is 0 Å². The van der Waals surface area contributed by atoms with E-state index in [0.29, 0.717) is 25.3 Å². The molecule has 2 fully saturated rings. The first-order valence-corrected chi connectivity index (χ1v) is 10.2. The Hall–Kier alpha value is -2.32. The second-order valence-electron chi connectivity index (χ2n) is 6.82. The van der Waals surface area contributed by atoms with Crippen LogP contribution in [-0.4, -0.2) is 38.0 Å². The smallest absolute Gasteiger partial charge is 0.318 e. The zero-order valence-corrected chi connectivity index (χ0v) is 15.0. The first kappa shape index (κ1) is 17.1. The van der Waals surface area contributed by atoms with Gasteiger partial charge in [-0.25, -0.2) is 17.9 Å². The van der Waals surface area contributed by atoms with E-state index in [4.69, 9.17) is 4.42 Å². The zero-order valence-electron chi connectivity index (χ0n) is 14.2. The van der Waals surface area contributed by atoms with Crippen LogP contribution >= 0.6 is 0 Å². The SMILES string of the molecule is O=C(NCc1ccco1)N1C[C@@H]2C[C@H]1C[C@@H]2NS(=O)(=O)c1ccccc1. The van der Waals surface area contributed by atoms with E-state index >= 15 is 0 Å². The number of sulfonamides is 1. The zero-order chi connectivity index (χ0) is 18.1. The van der Waals surface area contributed by atoms with E-state index in [2.05, 4.69) is 10.0 Å². The molecule has 1 aliphatic carbocycles. The molecule has 2 amide bonds. The van der Waals surface area contributed by atoms with Crippen molar-refractivity contribution >= 4 is 16.1 Å². The molecule has 8 heteroatoms. The van der Waals surface area contributed by atoms with Gasteiger partial charge in [-0.3, -0.25) is 0 Å². The lowest BCUT2D eigenvalue weighted by Gasteiger charge is -2.31. The van der Waals surface area contributed by atoms with Crippen molar-refractivity contribution in [2.24, 2.45) is 5.92 Å². The van der Waals surface area contributed by atoms with Crippen LogP contribution < -0.4 is 10.0 Å². The third-order valence-corrected chi connectivity index (χ3v) is 6.66. The summed E-state index contributed by atoms with van der Waals surface area (Å²) < 4.78 is 33.0. The van der Waals surface area contributed by atoms with E-state index in [1.807, 2.05) is 6.07 Å². The summed E-state index contributed by atoms with van der Waals surface area (Å²) in [6.07, 6.45) is 3.05. The fraction of sp³-hybridized carbons (Fsp3) is 0.389. The Morgan fingerprint density at radius 3 is 2.62 bits per heavy atom. The summed E-state index contributed by atoms with van der Waals surface area (Å²) in [5, 5.41) is 2.86. The minimum Gasteiger partial charge on any atom is -0.467 e. The summed E-state index contributed by atoms with van der Waals surface area (Å²) in [6.45, 7) is 0.917. The Morgan fingerprint density at radius 1 is 1.15 bits per heavy atom. The number of urea groups is 1. The molecule has 0 radical (unpaired) electrons. The molecule has 0 spiro atoms. The van der Waals surface area contributed by atoms with Crippen molar-refractivity contribution in [2.75, 3.05) is 6.54 Å². The fourth-order valence-corrected chi connectivity index (χ4v) is 5.23. The molecule has 1 aliphatic heterocycles. The van der Waals surface area contributed by atoms with Gasteiger partial charge in [-0.15, -0.1) is 0 Å². The maximum absolute atomic E-state index is 12.5. The third kappa shape index (κ3) is 3.34. The molecule has 1 saturated carbocycles. The van der Waals surface area contributed by atoms with Crippen molar-refractivity contribution in [2.45, 2.75) is 36.4 Å². The normalized spacial score (nSPS) is 24.8. The Kier molecular flexibility index (Phi) is 4.46. The van der Waals surface area contributed by atoms with Gasteiger partial charge < -0.3 is 14.6 Å². The summed E-state index contributed by atoms with van der Waals surface area (Å²) in [5.41, 5.74) is 0. The van der Waals surface area contributed by atoms with Gasteiger partial charge in [-0.2, -0.15) is 0 Å². The second-order valence-corrected chi connectivity index (χ2v) is 8.53. The average molecular weight is 375 g/mol. The van der Waals surface area contributed by atoms with Crippen molar-refractivity contribution in [1.29, 1.82) is 0 Å². The van der Waals surface area contributed by atoms with Gasteiger partial charge in [0.25, 0.3) is 0 Å². The van der Waals surface area contributed by atoms with Gasteiger partial charge in [-0.1, -0.05) is 18.2 Å². The van der Waals surface area contributed by atoms with E-state index in [9.17, 15) is 13.2 Å². The van der Waals surface area contributed by atoms with Crippen LogP contribution in [0.15, 0.2) is 58.0 Å². The summed E-state index contributed by atoms with van der Waals surface area (Å²) >= 11 is 0. The number of rotatable bonds is 5. The molecule has 26 heavy (non-hydrogen) atoms. The number of amides is 2. The number of piperidine rings is 1. The molecule has 1 aromatic heterocycles. The van der Waals surface area contributed by atoms with E-state index in [1.165, 1.54) is 0 Å². The summed E-state index contributed by atoms with van der Waals surface area (Å²) in [4.78, 5) is 14.5. The molecule has 3 atom stereocenters. The Labute approximate surface area is 152 Å². The Morgan fingerprint density at radius 2 is 1.96 bits per heavy atom. The molecule has 138 valence electrons. The van der Waals surface area contributed by atoms with Gasteiger partial charge in [-0.05, 0) is 43.0 Å². The maximum atomic E-state index is 12.5. The van der Waals surface area contributed by atoms with Crippen LogP contribution in [0.5, 0.6) is 0 Å². The average Bonchev–Trinajstić information content (AvgIpc) is 3.37. The predicted molar refractivity (Wildman–Crippen MR) is 94.7 cm³/mol. The van der Waals surface area contributed by atoms with Gasteiger partial charge in [0.05, 0.1) is 17.7 Å². The predicted octanol–water partition coefficient (Wildman–Crippen LogP) is 1.93. The van der Waals surface area contributed by atoms with Gasteiger partial charge >= 0.3 is 6.03 Å². The van der Waals surface area contributed by atoms with Crippen molar-refractivity contribution in [3.8, 4) is 0 Å². The highest BCUT2D eigenvalue weighted by Crippen LogP contribution is 2.38. The van der Waals surface area contributed by atoms with Crippen LogP contribution in [0.25, 0.3) is 0 Å². The summed E-state index contributed by atoms with van der Waals surface area (Å²) in [6, 6.07) is 11.8. The number of benzene rings is 1. The van der Waals surface area contributed by atoms with Crippen molar-refractivity contribution in [1.82, 2.24) is 14.9 Å². The first-order valence-electron chi connectivity index (χ1n) is 8.67. The number of furan rings is 1. The van der Waals surface area contributed by atoms with Crippen molar-refractivity contribution in [3.63, 3.8) is 0 Å². The molecule has 2 bridgehead atoms. The minimum atomic E-state index is -3.53. The lowest BCUT2D eigenvalue weighted by molar-refractivity contribution is 0.173. The van der Waals surface area contributed by atoms with E-state index in [-0.39, 0.29) is 28.9 Å². The molecule has 1 saturated heterocycles. The molecule has 2 N–H and O–H groups in total. The number of hydrogen-bond acceptors (Lipinski definition) is 4. The third-order valence-electron chi connectivity index (χ3n) is 5.16. The van der Waals surface area contributed by atoms with Crippen LogP contribution in [-0.2, 0) is 16.6 Å². The maximum Gasteiger partial charge on any atom is 0.318 e. The van der Waals surface area contributed by atoms with Crippen LogP contribution in [0.4, 0.5) is 4.79 Å². The van der Waals surface area contributed by atoms with Gasteiger partial charge in [0, 0.05) is 18.6 Å². The van der Waals surface area contributed by atoms with Crippen LogP contribution in [0.1, 0.15) is 18.6 Å². The number of nitrogens with one attached hydrogen (secondary N) is 2. The molecule has 4 rings (SSSR count). The van der Waals surface area contributed by atoms with E-state index in [0.717, 1.165) is 6.42 Å². The van der Waals surface area contributed by atoms with E-state index in [1.54, 1.807) is 47.6 Å².